The molecule has 1 aromatic carbocycles. The smallest absolute Gasteiger partial charge is 0.179 e. The predicted molar refractivity (Wildman–Crippen MR) is 75.1 cm³/mol. The van der Waals surface area contributed by atoms with Crippen LogP contribution in [0, 0.1) is 0 Å². The number of hydrogen-bond acceptors (Lipinski definition) is 3. The van der Waals surface area contributed by atoms with Gasteiger partial charge in [-0.3, -0.25) is 4.79 Å². The highest BCUT2D eigenvalue weighted by atomic mass is 32.3. The summed E-state index contributed by atoms with van der Waals surface area (Å²) in [6, 6.07) is 5.23. The van der Waals surface area contributed by atoms with Gasteiger partial charge in [-0.2, -0.15) is 10.0 Å². The number of aromatic hydroxyl groups is 1. The number of phenols is 1. The van der Waals surface area contributed by atoms with Gasteiger partial charge in [0.05, 0.1) is 11.4 Å². The van der Waals surface area contributed by atoms with Gasteiger partial charge in [-0.05, 0) is 48.9 Å². The van der Waals surface area contributed by atoms with Crippen LogP contribution in [0.2, 0.25) is 0 Å². The molecule has 0 spiro atoms. The lowest BCUT2D eigenvalue weighted by Crippen LogP contribution is -2.17. The first-order valence-electron chi connectivity index (χ1n) is 5.58. The van der Waals surface area contributed by atoms with Gasteiger partial charge in [-0.1, -0.05) is 0 Å². The number of hydrogen-bond donors (Lipinski definition) is 1. The van der Waals surface area contributed by atoms with Crippen molar-refractivity contribution >= 4 is 27.2 Å². The Morgan fingerprint density at radius 3 is 2.78 bits per heavy atom. The number of aliphatic imine (C=N–C) groups is 1. The van der Waals surface area contributed by atoms with Gasteiger partial charge in [0.15, 0.2) is 5.78 Å². The molecule has 2 aliphatic rings. The molecule has 0 amide bonds. The first kappa shape index (κ1) is 11.3. The van der Waals surface area contributed by atoms with E-state index in [1.807, 2.05) is 6.07 Å². The zero-order chi connectivity index (χ0) is 12.9. The van der Waals surface area contributed by atoms with Crippen LogP contribution in [0.25, 0.3) is 0 Å². The lowest BCUT2D eigenvalue weighted by Gasteiger charge is -2.39. The molecule has 0 bridgehead atoms. The molecule has 3 rings (SSSR count). The van der Waals surface area contributed by atoms with E-state index in [4.69, 9.17) is 0 Å². The Kier molecular flexibility index (Phi) is 2.25. The molecule has 4 heteroatoms. The minimum Gasteiger partial charge on any atom is -0.508 e. The van der Waals surface area contributed by atoms with Gasteiger partial charge >= 0.3 is 0 Å². The highest BCUT2D eigenvalue weighted by molar-refractivity contribution is 8.36. The number of rotatable bonds is 0. The fraction of sp³-hybridized carbons (Fsp3) is 0.143. The fourth-order valence-electron chi connectivity index (χ4n) is 2.25. The molecule has 1 aliphatic carbocycles. The van der Waals surface area contributed by atoms with Crippen molar-refractivity contribution in [3.8, 4) is 5.75 Å². The number of allylic oxidation sites excluding steroid dienone is 4. The summed E-state index contributed by atoms with van der Waals surface area (Å²) >= 11 is 0. The molecule has 1 aliphatic heterocycles. The van der Waals surface area contributed by atoms with Crippen LogP contribution >= 0.6 is 10.0 Å². The SMILES string of the molecule is CS1(C)C2=CC(=O)C=CC2=Nc2ccc(O)cc21. The maximum absolute atomic E-state index is 11.5. The molecule has 1 N–H and O–H groups in total. The minimum absolute atomic E-state index is 0.00753. The van der Waals surface area contributed by atoms with Crippen molar-refractivity contribution in [2.24, 2.45) is 4.99 Å². The summed E-state index contributed by atoms with van der Waals surface area (Å²) in [6.45, 7) is 0. The van der Waals surface area contributed by atoms with E-state index in [1.54, 1.807) is 30.4 Å². The summed E-state index contributed by atoms with van der Waals surface area (Å²) in [4.78, 5) is 18.1. The number of carbonyl (C=O) groups is 1. The number of carbonyl (C=O) groups excluding carboxylic acids is 1. The van der Waals surface area contributed by atoms with E-state index in [2.05, 4.69) is 17.5 Å². The molecule has 0 unspecified atom stereocenters. The van der Waals surface area contributed by atoms with Crippen molar-refractivity contribution in [1.82, 2.24) is 0 Å². The lowest BCUT2D eigenvalue weighted by atomic mass is 10.1. The van der Waals surface area contributed by atoms with E-state index in [0.717, 1.165) is 21.2 Å². The molecule has 18 heavy (non-hydrogen) atoms. The third-order valence-electron chi connectivity index (χ3n) is 3.22. The van der Waals surface area contributed by atoms with Crippen LogP contribution in [0.5, 0.6) is 5.75 Å². The van der Waals surface area contributed by atoms with Crippen molar-refractivity contribution in [3.63, 3.8) is 0 Å². The number of fused-ring (bicyclic) bond motifs is 2. The van der Waals surface area contributed by atoms with Crippen LogP contribution in [-0.4, -0.2) is 29.1 Å². The van der Waals surface area contributed by atoms with Crippen molar-refractivity contribution < 1.29 is 9.90 Å². The number of phenolic OH excluding ortho intramolecular Hbond substituents is 1. The topological polar surface area (TPSA) is 49.7 Å². The van der Waals surface area contributed by atoms with Gasteiger partial charge in [0, 0.05) is 9.80 Å². The first-order chi connectivity index (χ1) is 8.48. The second-order valence-electron chi connectivity index (χ2n) is 4.72. The largest absolute Gasteiger partial charge is 0.508 e. The molecule has 0 radical (unpaired) electrons. The van der Waals surface area contributed by atoms with Crippen molar-refractivity contribution in [2.75, 3.05) is 12.5 Å². The standard InChI is InChI=1S/C14H13NO2S/c1-18(2)13-7-9(16)3-5-11(13)15-12-6-4-10(17)8-14(12)18/h3-8,16H,1-2H3. The Balaban J connectivity index is 2.30. The van der Waals surface area contributed by atoms with E-state index in [-0.39, 0.29) is 11.5 Å². The van der Waals surface area contributed by atoms with Crippen molar-refractivity contribution in [3.05, 3.63) is 41.3 Å². The molecule has 92 valence electrons. The first-order valence-corrected chi connectivity index (χ1v) is 8.03. The number of nitrogens with zero attached hydrogens (tertiary/aromatic N) is 1. The molecule has 0 atom stereocenters. The zero-order valence-corrected chi connectivity index (χ0v) is 11.0. The maximum Gasteiger partial charge on any atom is 0.179 e. The molecule has 0 aromatic heterocycles. The van der Waals surface area contributed by atoms with Crippen LogP contribution in [0.3, 0.4) is 0 Å². The summed E-state index contributed by atoms with van der Waals surface area (Å²) < 4.78 is 0. The van der Waals surface area contributed by atoms with Crippen LogP contribution in [0.1, 0.15) is 0 Å². The summed E-state index contributed by atoms with van der Waals surface area (Å²) in [7, 11) is -1.30. The molecule has 0 saturated carbocycles. The zero-order valence-electron chi connectivity index (χ0n) is 10.2. The van der Waals surface area contributed by atoms with E-state index in [0.29, 0.717) is 0 Å². The van der Waals surface area contributed by atoms with Crippen molar-refractivity contribution in [1.29, 1.82) is 0 Å². The Morgan fingerprint density at radius 2 is 2.00 bits per heavy atom. The predicted octanol–water partition coefficient (Wildman–Crippen LogP) is 2.92. The third kappa shape index (κ3) is 1.53. The average molecular weight is 259 g/mol. The Labute approximate surface area is 107 Å². The molecular formula is C14H13NO2S. The highest BCUT2D eigenvalue weighted by Gasteiger charge is 2.31. The quantitative estimate of drug-likeness (QED) is 0.728. The second kappa shape index (κ2) is 3.59. The molecule has 1 heterocycles. The molecule has 0 saturated heterocycles. The Hall–Kier alpha value is -1.81. The van der Waals surface area contributed by atoms with E-state index in [9.17, 15) is 9.90 Å². The summed E-state index contributed by atoms with van der Waals surface area (Å²) in [6.07, 6.45) is 9.24. The van der Waals surface area contributed by atoms with Gasteiger partial charge in [0.1, 0.15) is 5.75 Å². The van der Waals surface area contributed by atoms with Crippen LogP contribution in [0.4, 0.5) is 5.69 Å². The summed E-state index contributed by atoms with van der Waals surface area (Å²) in [5, 5.41) is 9.63. The molecular weight excluding hydrogens is 246 g/mol. The van der Waals surface area contributed by atoms with Gasteiger partial charge in [0.2, 0.25) is 0 Å². The Morgan fingerprint density at radius 1 is 1.22 bits per heavy atom. The molecule has 0 fully saturated rings. The average Bonchev–Trinajstić information content (AvgIpc) is 2.32. The second-order valence-corrected chi connectivity index (χ2v) is 8.25. The highest BCUT2D eigenvalue weighted by Crippen LogP contribution is 2.63. The Bertz CT molecular complexity index is 654. The van der Waals surface area contributed by atoms with E-state index in [1.165, 1.54) is 0 Å². The van der Waals surface area contributed by atoms with E-state index < -0.39 is 10.0 Å². The van der Waals surface area contributed by atoms with Gasteiger partial charge < -0.3 is 5.11 Å². The minimum atomic E-state index is -1.30. The third-order valence-corrected chi connectivity index (χ3v) is 6.07. The molecule has 1 aromatic rings. The van der Waals surface area contributed by atoms with Gasteiger partial charge in [-0.15, -0.1) is 0 Å². The van der Waals surface area contributed by atoms with Gasteiger partial charge in [0.25, 0.3) is 0 Å². The number of benzene rings is 1. The van der Waals surface area contributed by atoms with Crippen molar-refractivity contribution in [2.45, 2.75) is 4.90 Å². The summed E-state index contributed by atoms with van der Waals surface area (Å²) in [5.41, 5.74) is 1.76. The molecule has 3 nitrogen and oxygen atoms in total. The van der Waals surface area contributed by atoms with Crippen LogP contribution < -0.4 is 0 Å². The normalized spacial score (nSPS) is 21.6. The fourth-order valence-corrected chi connectivity index (χ4v) is 4.58. The van der Waals surface area contributed by atoms with Gasteiger partial charge in [-0.25, -0.2) is 4.99 Å². The monoisotopic (exact) mass is 259 g/mol. The summed E-state index contributed by atoms with van der Waals surface area (Å²) in [5.74, 6) is 0.249. The maximum atomic E-state index is 11.5. The number of ketones is 1. The van der Waals surface area contributed by atoms with Crippen LogP contribution in [-0.2, 0) is 4.79 Å². The van der Waals surface area contributed by atoms with E-state index >= 15 is 0 Å². The lowest BCUT2D eigenvalue weighted by molar-refractivity contribution is -0.110. The van der Waals surface area contributed by atoms with Crippen LogP contribution in [0.15, 0.2) is 51.2 Å².